The second-order valence-electron chi connectivity index (χ2n) is 5.65. The fourth-order valence-electron chi connectivity index (χ4n) is 2.51. The molecular formula is C19H17NO4. The third kappa shape index (κ3) is 3.80. The highest BCUT2D eigenvalue weighted by atomic mass is 16.7. The van der Waals surface area contributed by atoms with Crippen LogP contribution in [0.3, 0.4) is 0 Å². The molecule has 1 saturated heterocycles. The number of nitrogens with zero attached hydrogens (tertiary/aromatic N) is 1. The van der Waals surface area contributed by atoms with Crippen molar-refractivity contribution in [2.24, 2.45) is 0 Å². The normalized spacial score (nSPS) is 20.2. The van der Waals surface area contributed by atoms with Gasteiger partial charge in [-0.2, -0.15) is 5.26 Å². The van der Waals surface area contributed by atoms with Crippen molar-refractivity contribution in [3.05, 3.63) is 65.2 Å². The largest absolute Gasteiger partial charge is 0.465 e. The molecule has 1 fully saturated rings. The molecule has 1 aliphatic heterocycles. The number of rotatable bonds is 4. The van der Waals surface area contributed by atoms with E-state index in [1.807, 2.05) is 6.07 Å². The summed E-state index contributed by atoms with van der Waals surface area (Å²) in [7, 11) is 0. The number of hydrogen-bond donors (Lipinski definition) is 1. The number of benzene rings is 2. The molecule has 0 saturated carbocycles. The van der Waals surface area contributed by atoms with E-state index in [2.05, 4.69) is 0 Å². The van der Waals surface area contributed by atoms with E-state index in [-0.39, 0.29) is 18.7 Å². The van der Waals surface area contributed by atoms with Crippen LogP contribution in [0.5, 0.6) is 5.75 Å². The number of ketones is 1. The number of aliphatic hydroxyl groups excluding tert-OH is 1. The topological polar surface area (TPSA) is 79.6 Å². The van der Waals surface area contributed by atoms with Crippen LogP contribution in [-0.4, -0.2) is 29.9 Å². The van der Waals surface area contributed by atoms with Crippen molar-refractivity contribution >= 4 is 5.78 Å². The van der Waals surface area contributed by atoms with E-state index in [1.165, 1.54) is 0 Å². The van der Waals surface area contributed by atoms with E-state index >= 15 is 0 Å². The molecule has 0 aromatic heterocycles. The van der Waals surface area contributed by atoms with Crippen molar-refractivity contribution in [2.45, 2.75) is 25.2 Å². The number of aliphatic hydroxyl groups is 1. The first-order valence-corrected chi connectivity index (χ1v) is 7.77. The molecule has 1 heterocycles. The van der Waals surface area contributed by atoms with Gasteiger partial charge in [-0.25, -0.2) is 0 Å². The zero-order valence-corrected chi connectivity index (χ0v) is 13.0. The van der Waals surface area contributed by atoms with Crippen LogP contribution in [0, 0.1) is 11.3 Å². The highest BCUT2D eigenvalue weighted by molar-refractivity contribution is 6.09. The lowest BCUT2D eigenvalue weighted by molar-refractivity contribution is -0.141. The fraction of sp³-hybridized carbons (Fsp3) is 0.263. The number of ether oxygens (including phenoxy) is 2. The first-order chi connectivity index (χ1) is 11.7. The van der Waals surface area contributed by atoms with Crippen molar-refractivity contribution < 1.29 is 19.4 Å². The highest BCUT2D eigenvalue weighted by Gasteiger charge is 2.21. The monoisotopic (exact) mass is 323 g/mol. The van der Waals surface area contributed by atoms with Gasteiger partial charge in [0, 0.05) is 17.5 Å². The molecule has 0 aliphatic carbocycles. The molecule has 24 heavy (non-hydrogen) atoms. The second-order valence-corrected chi connectivity index (χ2v) is 5.65. The Bertz CT molecular complexity index is 738. The minimum Gasteiger partial charge on any atom is -0.465 e. The summed E-state index contributed by atoms with van der Waals surface area (Å²) in [4.78, 5) is 12.4. The van der Waals surface area contributed by atoms with Crippen LogP contribution < -0.4 is 4.74 Å². The third-order valence-corrected chi connectivity index (χ3v) is 3.87. The van der Waals surface area contributed by atoms with Gasteiger partial charge < -0.3 is 14.6 Å². The Morgan fingerprint density at radius 2 is 1.71 bits per heavy atom. The van der Waals surface area contributed by atoms with Crippen molar-refractivity contribution in [2.75, 3.05) is 6.61 Å². The predicted octanol–water partition coefficient (Wildman–Crippen LogP) is 2.67. The number of hydrogen-bond acceptors (Lipinski definition) is 5. The third-order valence-electron chi connectivity index (χ3n) is 3.87. The van der Waals surface area contributed by atoms with E-state index in [4.69, 9.17) is 14.7 Å². The van der Waals surface area contributed by atoms with E-state index < -0.39 is 6.10 Å². The minimum absolute atomic E-state index is 0.108. The Hall–Kier alpha value is -2.68. The second kappa shape index (κ2) is 7.26. The Labute approximate surface area is 140 Å². The lowest BCUT2D eigenvalue weighted by Crippen LogP contribution is -2.32. The molecule has 0 bridgehead atoms. The number of carbonyl (C=O) groups is 1. The van der Waals surface area contributed by atoms with Gasteiger partial charge in [-0.1, -0.05) is 0 Å². The number of nitriles is 1. The molecule has 122 valence electrons. The van der Waals surface area contributed by atoms with E-state index in [9.17, 15) is 9.90 Å². The molecule has 0 amide bonds. The minimum atomic E-state index is -0.419. The molecule has 0 unspecified atom stereocenters. The van der Waals surface area contributed by atoms with Crippen molar-refractivity contribution in [1.29, 1.82) is 5.26 Å². The fourth-order valence-corrected chi connectivity index (χ4v) is 2.51. The first kappa shape index (κ1) is 16.2. The summed E-state index contributed by atoms with van der Waals surface area (Å²) in [6.45, 7) is 0.278. The predicted molar refractivity (Wildman–Crippen MR) is 86.6 cm³/mol. The number of carbonyl (C=O) groups excluding carboxylic acids is 1. The SMILES string of the molecule is N#Cc1ccc(C(=O)c2ccc(O[C@@H]3CC[C@H](O)CO3)cc2)cc1. The zero-order chi connectivity index (χ0) is 16.9. The summed E-state index contributed by atoms with van der Waals surface area (Å²) < 4.78 is 11.1. The maximum atomic E-state index is 12.4. The van der Waals surface area contributed by atoms with E-state index in [1.54, 1.807) is 48.5 Å². The summed E-state index contributed by atoms with van der Waals surface area (Å²) in [6.07, 6.45) is 0.498. The van der Waals surface area contributed by atoms with Gasteiger partial charge in [0.2, 0.25) is 0 Å². The van der Waals surface area contributed by atoms with Gasteiger partial charge >= 0.3 is 0 Å². The maximum absolute atomic E-state index is 12.4. The lowest BCUT2D eigenvalue weighted by Gasteiger charge is -2.26. The van der Waals surface area contributed by atoms with Gasteiger partial charge in [-0.15, -0.1) is 0 Å². The molecule has 2 aromatic carbocycles. The van der Waals surface area contributed by atoms with E-state index in [0.717, 1.165) is 0 Å². The summed E-state index contributed by atoms with van der Waals surface area (Å²) in [5, 5.41) is 18.2. The van der Waals surface area contributed by atoms with Gasteiger partial charge in [0.1, 0.15) is 5.75 Å². The van der Waals surface area contributed by atoms with Crippen LogP contribution in [0.1, 0.15) is 34.3 Å². The van der Waals surface area contributed by atoms with Crippen molar-refractivity contribution in [1.82, 2.24) is 0 Å². The van der Waals surface area contributed by atoms with Crippen LogP contribution in [0.4, 0.5) is 0 Å². The maximum Gasteiger partial charge on any atom is 0.200 e. The van der Waals surface area contributed by atoms with Crippen molar-refractivity contribution in [3.63, 3.8) is 0 Å². The molecule has 1 N–H and O–H groups in total. The average molecular weight is 323 g/mol. The van der Waals surface area contributed by atoms with Crippen molar-refractivity contribution in [3.8, 4) is 11.8 Å². The molecule has 2 atom stereocenters. The molecule has 0 spiro atoms. The van der Waals surface area contributed by atoms with Crippen LogP contribution >= 0.6 is 0 Å². The van der Waals surface area contributed by atoms with E-state index in [0.29, 0.717) is 35.3 Å². The quantitative estimate of drug-likeness (QED) is 0.875. The molecular weight excluding hydrogens is 306 g/mol. The molecule has 2 aromatic rings. The Balaban J connectivity index is 1.65. The first-order valence-electron chi connectivity index (χ1n) is 7.77. The summed E-state index contributed by atoms with van der Waals surface area (Å²) in [5.74, 6) is 0.510. The smallest absolute Gasteiger partial charge is 0.200 e. The average Bonchev–Trinajstić information content (AvgIpc) is 2.64. The molecule has 3 rings (SSSR count). The van der Waals surface area contributed by atoms with Gasteiger partial charge in [0.05, 0.1) is 24.3 Å². The molecule has 1 aliphatic rings. The highest BCUT2D eigenvalue weighted by Crippen LogP contribution is 2.21. The summed E-state index contributed by atoms with van der Waals surface area (Å²) in [6, 6.07) is 15.4. The standard InChI is InChI=1S/C19H17NO4/c20-11-13-1-3-14(4-2-13)19(22)15-5-8-17(9-6-15)24-18-10-7-16(21)12-23-18/h1-6,8-9,16,18,21H,7,10,12H2/t16-,18+/m0/s1. The molecule has 5 heteroatoms. The Morgan fingerprint density at radius 3 is 2.25 bits per heavy atom. The van der Waals surface area contributed by atoms with Gasteiger partial charge in [-0.3, -0.25) is 4.79 Å². The van der Waals surface area contributed by atoms with Crippen LogP contribution in [0.2, 0.25) is 0 Å². The van der Waals surface area contributed by atoms with Crippen LogP contribution in [-0.2, 0) is 4.74 Å². The molecule has 5 nitrogen and oxygen atoms in total. The lowest BCUT2D eigenvalue weighted by atomic mass is 10.0. The zero-order valence-electron chi connectivity index (χ0n) is 13.0. The summed E-state index contributed by atoms with van der Waals surface area (Å²) in [5.41, 5.74) is 1.60. The Morgan fingerprint density at radius 1 is 1.08 bits per heavy atom. The molecule has 0 radical (unpaired) electrons. The Kier molecular flexibility index (Phi) is 4.90. The van der Waals surface area contributed by atoms with Crippen LogP contribution in [0.25, 0.3) is 0 Å². The van der Waals surface area contributed by atoms with Crippen LogP contribution in [0.15, 0.2) is 48.5 Å². The summed E-state index contributed by atoms with van der Waals surface area (Å²) >= 11 is 0. The van der Waals surface area contributed by atoms with Gasteiger partial charge in [-0.05, 0) is 55.0 Å². The van der Waals surface area contributed by atoms with Gasteiger partial charge in [0.25, 0.3) is 0 Å². The van der Waals surface area contributed by atoms with Gasteiger partial charge in [0.15, 0.2) is 12.1 Å².